The fourth-order valence-electron chi connectivity index (χ4n) is 5.06. The Morgan fingerprint density at radius 2 is 2.08 bits per heavy atom. The summed E-state index contributed by atoms with van der Waals surface area (Å²) in [5, 5.41) is 8.71. The Labute approximate surface area is 225 Å². The van der Waals surface area contributed by atoms with Gasteiger partial charge in [0.1, 0.15) is 16.2 Å². The third-order valence-electron chi connectivity index (χ3n) is 7.16. The van der Waals surface area contributed by atoms with E-state index in [0.717, 1.165) is 31.6 Å². The van der Waals surface area contributed by atoms with Gasteiger partial charge in [-0.3, -0.25) is 9.67 Å². The summed E-state index contributed by atoms with van der Waals surface area (Å²) in [6.45, 7) is 7.37. The van der Waals surface area contributed by atoms with Crippen LogP contribution >= 0.6 is 11.6 Å². The third-order valence-corrected chi connectivity index (χ3v) is 7.53. The number of halogens is 1. The zero-order chi connectivity index (χ0) is 26.7. The van der Waals surface area contributed by atoms with Crippen molar-refractivity contribution in [3.05, 3.63) is 53.5 Å². The summed E-state index contributed by atoms with van der Waals surface area (Å²) in [5.74, 6) is 1.90. The summed E-state index contributed by atoms with van der Waals surface area (Å²) >= 11 is 6.77. The molecule has 0 bridgehead atoms. The van der Waals surface area contributed by atoms with Crippen LogP contribution < -0.4 is 15.8 Å². The minimum atomic E-state index is -0.0909. The normalized spacial score (nSPS) is 18.9. The lowest BCUT2D eigenvalue weighted by Gasteiger charge is -2.26. The molecule has 0 aromatic carbocycles. The zero-order valence-electron chi connectivity index (χ0n) is 21.8. The minimum Gasteiger partial charge on any atom is -0.450 e. The maximum absolute atomic E-state index is 6.77. The number of aromatic nitrogens is 7. The first-order valence-corrected chi connectivity index (χ1v) is 13.0. The molecule has 5 heterocycles. The van der Waals surface area contributed by atoms with Crippen LogP contribution in [0.25, 0.3) is 16.9 Å². The highest BCUT2D eigenvalue weighted by Gasteiger charge is 2.56. The second-order valence-electron chi connectivity index (χ2n) is 10.8. The van der Waals surface area contributed by atoms with Crippen molar-refractivity contribution < 1.29 is 9.47 Å². The van der Waals surface area contributed by atoms with Crippen molar-refractivity contribution in [2.24, 2.45) is 12.8 Å². The molecule has 11 nitrogen and oxygen atoms in total. The number of hydrogen-bond donors (Lipinski definition) is 2. The van der Waals surface area contributed by atoms with Crippen LogP contribution in [0.4, 0.5) is 11.8 Å². The van der Waals surface area contributed by atoms with Crippen molar-refractivity contribution in [1.29, 1.82) is 0 Å². The molecule has 1 atom stereocenters. The van der Waals surface area contributed by atoms with Crippen molar-refractivity contribution in [2.45, 2.75) is 57.1 Å². The molecule has 198 valence electrons. The topological polar surface area (TPSA) is 131 Å². The van der Waals surface area contributed by atoms with Crippen LogP contribution in [-0.4, -0.2) is 46.5 Å². The van der Waals surface area contributed by atoms with Crippen LogP contribution in [0, 0.1) is 0 Å². The number of nitrogens with zero attached hydrogens (tertiary/aromatic N) is 7. The first-order valence-electron chi connectivity index (χ1n) is 12.6. The molecule has 12 heteroatoms. The van der Waals surface area contributed by atoms with E-state index in [1.165, 1.54) is 12.4 Å². The highest BCUT2D eigenvalue weighted by Crippen LogP contribution is 2.54. The Morgan fingerprint density at radius 1 is 1.26 bits per heavy atom. The summed E-state index contributed by atoms with van der Waals surface area (Å²) in [4.78, 5) is 17.4. The Bertz CT molecular complexity index is 1530. The van der Waals surface area contributed by atoms with Crippen molar-refractivity contribution in [3.8, 4) is 5.75 Å². The minimum absolute atomic E-state index is 0.0583. The van der Waals surface area contributed by atoms with Gasteiger partial charge in [-0.15, -0.1) is 0 Å². The van der Waals surface area contributed by atoms with Gasteiger partial charge in [-0.1, -0.05) is 32.4 Å². The number of anilines is 2. The number of ether oxygens (including phenoxy) is 2. The van der Waals surface area contributed by atoms with Gasteiger partial charge in [-0.25, -0.2) is 9.97 Å². The molecule has 4 aromatic heterocycles. The molecule has 2 aliphatic rings. The summed E-state index contributed by atoms with van der Waals surface area (Å²) < 4.78 is 16.1. The van der Waals surface area contributed by atoms with Gasteiger partial charge in [0.05, 0.1) is 24.0 Å². The highest BCUT2D eigenvalue weighted by molar-refractivity contribution is 6.36. The standard InChI is InChI=1S/C26H30ClN9O2/c1-25(2,3)19-11-20(34-36(19)18-5-10-37-26(18)6-7-26)32-24-33-23-22(35(24)4)21(27)17(14-31-23)38-16(12-28)15-13-29-8-9-30-15/h8-9,11-14,18H,5-7,10,28H2,1-4H3,(H,31,32,33,34). The van der Waals surface area contributed by atoms with E-state index in [1.807, 2.05) is 11.6 Å². The predicted octanol–water partition coefficient (Wildman–Crippen LogP) is 4.48. The van der Waals surface area contributed by atoms with Gasteiger partial charge in [0.25, 0.3) is 0 Å². The predicted molar refractivity (Wildman–Crippen MR) is 144 cm³/mol. The molecule has 1 spiro atoms. The van der Waals surface area contributed by atoms with Crippen molar-refractivity contribution in [1.82, 2.24) is 34.3 Å². The van der Waals surface area contributed by atoms with Crippen LogP contribution in [-0.2, 0) is 17.2 Å². The lowest BCUT2D eigenvalue weighted by molar-refractivity contribution is 0.0668. The van der Waals surface area contributed by atoms with E-state index < -0.39 is 0 Å². The lowest BCUT2D eigenvalue weighted by atomic mass is 9.91. The van der Waals surface area contributed by atoms with E-state index in [0.29, 0.717) is 45.2 Å². The number of imidazole rings is 1. The molecular formula is C26H30ClN9O2. The molecule has 1 saturated carbocycles. The number of aryl methyl sites for hydroxylation is 1. The molecular weight excluding hydrogens is 506 g/mol. The van der Waals surface area contributed by atoms with Gasteiger partial charge in [-0.2, -0.15) is 10.1 Å². The third kappa shape index (κ3) is 4.15. The monoisotopic (exact) mass is 535 g/mol. The number of nitrogens with two attached hydrogens (primary N) is 1. The molecule has 2 fully saturated rings. The van der Waals surface area contributed by atoms with Gasteiger partial charge in [-0.05, 0) is 19.3 Å². The van der Waals surface area contributed by atoms with Gasteiger partial charge in [0.15, 0.2) is 23.0 Å². The first kappa shape index (κ1) is 24.6. The Hall–Kier alpha value is -3.70. The van der Waals surface area contributed by atoms with Gasteiger partial charge < -0.3 is 25.1 Å². The highest BCUT2D eigenvalue weighted by atomic mass is 35.5. The quantitative estimate of drug-likeness (QED) is 0.343. The van der Waals surface area contributed by atoms with Crippen molar-refractivity contribution in [2.75, 3.05) is 11.9 Å². The molecule has 1 aliphatic heterocycles. The van der Waals surface area contributed by atoms with Crippen molar-refractivity contribution in [3.63, 3.8) is 0 Å². The summed E-state index contributed by atoms with van der Waals surface area (Å²) in [6, 6.07) is 2.33. The van der Waals surface area contributed by atoms with E-state index in [-0.39, 0.29) is 17.1 Å². The van der Waals surface area contributed by atoms with Crippen LogP contribution in [0.15, 0.2) is 37.1 Å². The number of rotatable bonds is 6. The molecule has 3 N–H and O–H groups in total. The van der Waals surface area contributed by atoms with Crippen LogP contribution in [0.1, 0.15) is 57.5 Å². The molecule has 1 unspecified atom stereocenters. The molecule has 0 amide bonds. The molecule has 6 rings (SSSR count). The average Bonchev–Trinajstić information content (AvgIpc) is 3.19. The number of nitrogens with one attached hydrogen (secondary N) is 1. The van der Waals surface area contributed by atoms with Gasteiger partial charge >= 0.3 is 0 Å². The van der Waals surface area contributed by atoms with Gasteiger partial charge in [0, 0.05) is 49.4 Å². The maximum Gasteiger partial charge on any atom is 0.210 e. The molecule has 38 heavy (non-hydrogen) atoms. The summed E-state index contributed by atoms with van der Waals surface area (Å²) in [7, 11) is 1.86. The largest absolute Gasteiger partial charge is 0.450 e. The average molecular weight is 536 g/mol. The van der Waals surface area contributed by atoms with Crippen LogP contribution in [0.5, 0.6) is 5.75 Å². The zero-order valence-corrected chi connectivity index (χ0v) is 22.5. The summed E-state index contributed by atoms with van der Waals surface area (Å²) in [5.41, 5.74) is 8.34. The number of pyridine rings is 1. The van der Waals surface area contributed by atoms with Crippen LogP contribution in [0.2, 0.25) is 5.02 Å². The van der Waals surface area contributed by atoms with E-state index in [4.69, 9.17) is 31.9 Å². The van der Waals surface area contributed by atoms with E-state index in [1.54, 1.807) is 18.6 Å². The Kier molecular flexibility index (Phi) is 5.80. The second-order valence-corrected chi connectivity index (χ2v) is 11.2. The molecule has 1 aliphatic carbocycles. The fourth-order valence-corrected chi connectivity index (χ4v) is 5.36. The Morgan fingerprint density at radius 3 is 2.76 bits per heavy atom. The van der Waals surface area contributed by atoms with Crippen molar-refractivity contribution >= 4 is 40.3 Å². The molecule has 4 aromatic rings. The van der Waals surface area contributed by atoms with E-state index in [2.05, 4.69) is 56.8 Å². The molecule has 1 saturated heterocycles. The SMILES string of the molecule is Cn1c(Nc2cc(C(C)(C)C)n(C3CCOC34CC4)n2)nc2ncc(OC(=CN)c3cnccn3)c(Cl)c21. The second kappa shape index (κ2) is 8.95. The fraction of sp³-hybridized carbons (Fsp3) is 0.423. The van der Waals surface area contributed by atoms with Crippen LogP contribution in [0.3, 0.4) is 0 Å². The van der Waals surface area contributed by atoms with E-state index >= 15 is 0 Å². The number of fused-ring (bicyclic) bond motifs is 1. The van der Waals surface area contributed by atoms with Gasteiger partial charge in [0.2, 0.25) is 5.95 Å². The Balaban J connectivity index is 1.32. The maximum atomic E-state index is 6.77. The summed E-state index contributed by atoms with van der Waals surface area (Å²) in [6.07, 6.45) is 10.6. The smallest absolute Gasteiger partial charge is 0.210 e. The molecule has 0 radical (unpaired) electrons. The lowest BCUT2D eigenvalue weighted by Crippen LogP contribution is -2.28. The number of hydrogen-bond acceptors (Lipinski definition) is 9. The van der Waals surface area contributed by atoms with E-state index in [9.17, 15) is 0 Å². The first-order chi connectivity index (χ1) is 18.2.